The summed E-state index contributed by atoms with van der Waals surface area (Å²) in [6, 6.07) is 0.638. The maximum Gasteiger partial charge on any atom is 0.127 e. The number of rotatable bonds is 1. The van der Waals surface area contributed by atoms with Crippen LogP contribution in [-0.2, 0) is 4.79 Å². The van der Waals surface area contributed by atoms with Gasteiger partial charge in [-0.2, -0.15) is 0 Å². The lowest BCUT2D eigenvalue weighted by atomic mass is 9.76. The van der Waals surface area contributed by atoms with Gasteiger partial charge in [0.1, 0.15) is 6.29 Å². The van der Waals surface area contributed by atoms with Crippen LogP contribution in [0, 0.1) is 11.3 Å². The van der Waals surface area contributed by atoms with Crippen LogP contribution in [0.25, 0.3) is 0 Å². The second-order valence-electron chi connectivity index (χ2n) is 5.02. The van der Waals surface area contributed by atoms with E-state index in [4.69, 9.17) is 0 Å². The predicted molar refractivity (Wildman–Crippen MR) is 50.4 cm³/mol. The molecule has 0 aromatic heterocycles. The molecule has 2 saturated heterocycles. The van der Waals surface area contributed by atoms with E-state index in [9.17, 15) is 4.79 Å². The lowest BCUT2D eigenvalue weighted by molar-refractivity contribution is -0.121. The molecule has 3 atom stereocenters. The van der Waals surface area contributed by atoms with E-state index in [0.29, 0.717) is 6.04 Å². The van der Waals surface area contributed by atoms with Gasteiger partial charge >= 0.3 is 0 Å². The van der Waals surface area contributed by atoms with Gasteiger partial charge in [-0.15, -0.1) is 0 Å². The van der Waals surface area contributed by atoms with Crippen LogP contribution >= 0.6 is 0 Å². The van der Waals surface area contributed by atoms with Crippen molar-refractivity contribution in [3.8, 4) is 0 Å². The van der Waals surface area contributed by atoms with Crippen LogP contribution in [0.1, 0.15) is 32.1 Å². The van der Waals surface area contributed by atoms with Crippen molar-refractivity contribution in [3.05, 3.63) is 0 Å². The van der Waals surface area contributed by atoms with Crippen molar-refractivity contribution in [2.75, 3.05) is 13.1 Å². The van der Waals surface area contributed by atoms with Crippen molar-refractivity contribution in [2.45, 2.75) is 38.1 Å². The Kier molecular flexibility index (Phi) is 1.58. The third-order valence-electron chi connectivity index (χ3n) is 4.52. The van der Waals surface area contributed by atoms with Crippen LogP contribution in [0.3, 0.4) is 0 Å². The molecule has 0 radical (unpaired) electrons. The lowest BCUT2D eigenvalue weighted by Gasteiger charge is -2.41. The van der Waals surface area contributed by atoms with Gasteiger partial charge in [-0.25, -0.2) is 0 Å². The van der Waals surface area contributed by atoms with Gasteiger partial charge in [-0.3, -0.25) is 4.90 Å². The number of piperidine rings is 1. The molecule has 0 amide bonds. The van der Waals surface area contributed by atoms with Crippen molar-refractivity contribution in [1.29, 1.82) is 0 Å². The molecule has 1 aliphatic carbocycles. The Labute approximate surface area is 79.3 Å². The molecule has 1 saturated carbocycles. The molecular weight excluding hydrogens is 162 g/mol. The van der Waals surface area contributed by atoms with E-state index < -0.39 is 0 Å². The van der Waals surface area contributed by atoms with Crippen molar-refractivity contribution in [2.24, 2.45) is 11.3 Å². The van der Waals surface area contributed by atoms with E-state index in [1.165, 1.54) is 45.1 Å². The normalized spacial score (nSPS) is 49.2. The SMILES string of the molecule is O=C[C@@]12CCCN3CC[C@@H](CC1)[C@H]32. The molecule has 2 nitrogen and oxygen atoms in total. The van der Waals surface area contributed by atoms with E-state index in [2.05, 4.69) is 4.90 Å². The van der Waals surface area contributed by atoms with Gasteiger partial charge in [0.15, 0.2) is 0 Å². The maximum atomic E-state index is 11.3. The monoisotopic (exact) mass is 179 g/mol. The topological polar surface area (TPSA) is 20.3 Å². The van der Waals surface area contributed by atoms with Gasteiger partial charge in [0, 0.05) is 11.5 Å². The van der Waals surface area contributed by atoms with Crippen molar-refractivity contribution in [3.63, 3.8) is 0 Å². The Morgan fingerprint density at radius 2 is 2.15 bits per heavy atom. The fraction of sp³-hybridized carbons (Fsp3) is 0.909. The van der Waals surface area contributed by atoms with Gasteiger partial charge < -0.3 is 4.79 Å². The molecule has 0 spiro atoms. The average Bonchev–Trinajstić information content (AvgIpc) is 2.74. The van der Waals surface area contributed by atoms with Gasteiger partial charge in [-0.1, -0.05) is 0 Å². The third kappa shape index (κ3) is 0.899. The molecule has 13 heavy (non-hydrogen) atoms. The van der Waals surface area contributed by atoms with E-state index in [1.54, 1.807) is 0 Å². The Morgan fingerprint density at radius 1 is 1.23 bits per heavy atom. The van der Waals surface area contributed by atoms with Crippen LogP contribution in [0.5, 0.6) is 0 Å². The zero-order chi connectivity index (χ0) is 8.89. The zero-order valence-electron chi connectivity index (χ0n) is 8.04. The molecule has 0 bridgehead atoms. The van der Waals surface area contributed by atoms with Crippen molar-refractivity contribution in [1.82, 2.24) is 4.90 Å². The highest BCUT2D eigenvalue weighted by atomic mass is 16.1. The molecule has 3 fully saturated rings. The molecule has 0 N–H and O–H groups in total. The minimum Gasteiger partial charge on any atom is -0.303 e. The Morgan fingerprint density at radius 3 is 3.00 bits per heavy atom. The highest BCUT2D eigenvalue weighted by molar-refractivity contribution is 5.62. The van der Waals surface area contributed by atoms with E-state index >= 15 is 0 Å². The van der Waals surface area contributed by atoms with Gasteiger partial charge in [-0.05, 0) is 51.1 Å². The highest BCUT2D eigenvalue weighted by Crippen LogP contribution is 2.53. The molecule has 0 unspecified atom stereocenters. The Hall–Kier alpha value is -0.370. The zero-order valence-corrected chi connectivity index (χ0v) is 8.04. The molecule has 3 rings (SSSR count). The summed E-state index contributed by atoms with van der Waals surface area (Å²) < 4.78 is 0. The minimum atomic E-state index is 0.0828. The van der Waals surface area contributed by atoms with Crippen LogP contribution in [0.15, 0.2) is 0 Å². The maximum absolute atomic E-state index is 11.3. The number of carbonyl (C=O) groups is 1. The van der Waals surface area contributed by atoms with Crippen LogP contribution < -0.4 is 0 Å². The molecule has 0 aromatic rings. The standard InChI is InChI=1S/C11H17NO/c13-8-11-4-1-6-12-7-3-9(2-5-11)10(11)12/h8-10H,1-7H2/t9-,10+,11-/m1/s1. The largest absolute Gasteiger partial charge is 0.303 e. The summed E-state index contributed by atoms with van der Waals surface area (Å²) in [6.07, 6.45) is 7.51. The van der Waals surface area contributed by atoms with Crippen LogP contribution in [0.4, 0.5) is 0 Å². The first kappa shape index (κ1) is 7.98. The lowest BCUT2D eigenvalue weighted by Crippen LogP contribution is -2.48. The Bertz CT molecular complexity index is 234. The number of nitrogens with zero attached hydrogens (tertiary/aromatic N) is 1. The van der Waals surface area contributed by atoms with E-state index in [-0.39, 0.29) is 5.41 Å². The molecule has 0 aromatic carbocycles. The molecule has 2 heteroatoms. The summed E-state index contributed by atoms with van der Waals surface area (Å²) in [5, 5.41) is 0. The van der Waals surface area contributed by atoms with Crippen LogP contribution in [-0.4, -0.2) is 30.3 Å². The van der Waals surface area contributed by atoms with Crippen molar-refractivity contribution >= 4 is 6.29 Å². The summed E-state index contributed by atoms with van der Waals surface area (Å²) in [7, 11) is 0. The van der Waals surface area contributed by atoms with E-state index in [1.807, 2.05) is 0 Å². The molecule has 72 valence electrons. The first-order valence-electron chi connectivity index (χ1n) is 5.56. The first-order chi connectivity index (χ1) is 6.36. The number of aldehydes is 1. The van der Waals surface area contributed by atoms with E-state index in [0.717, 1.165) is 12.3 Å². The van der Waals surface area contributed by atoms with Crippen LogP contribution in [0.2, 0.25) is 0 Å². The predicted octanol–water partition coefficient (Wildman–Crippen LogP) is 1.45. The molecule has 3 aliphatic rings. The van der Waals surface area contributed by atoms with Gasteiger partial charge in [0.05, 0.1) is 0 Å². The molecule has 2 aliphatic heterocycles. The van der Waals surface area contributed by atoms with Crippen molar-refractivity contribution < 1.29 is 4.79 Å². The van der Waals surface area contributed by atoms with Gasteiger partial charge in [0.25, 0.3) is 0 Å². The third-order valence-corrected chi connectivity index (χ3v) is 4.52. The van der Waals surface area contributed by atoms with Gasteiger partial charge in [0.2, 0.25) is 0 Å². The minimum absolute atomic E-state index is 0.0828. The number of hydrogen-bond donors (Lipinski definition) is 0. The summed E-state index contributed by atoms with van der Waals surface area (Å²) in [5.74, 6) is 0.852. The summed E-state index contributed by atoms with van der Waals surface area (Å²) in [4.78, 5) is 13.8. The highest BCUT2D eigenvalue weighted by Gasteiger charge is 2.55. The average molecular weight is 179 g/mol. The summed E-state index contributed by atoms with van der Waals surface area (Å²) in [5.41, 5.74) is 0.0828. The first-order valence-corrected chi connectivity index (χ1v) is 5.56. The second-order valence-corrected chi connectivity index (χ2v) is 5.02. The number of hydrogen-bond acceptors (Lipinski definition) is 2. The summed E-state index contributed by atoms with van der Waals surface area (Å²) >= 11 is 0. The second kappa shape index (κ2) is 2.57. The fourth-order valence-electron chi connectivity index (χ4n) is 3.99. The molecular formula is C11H17NO. The molecule has 2 heterocycles. The smallest absolute Gasteiger partial charge is 0.127 e. The fourth-order valence-corrected chi connectivity index (χ4v) is 3.99. The summed E-state index contributed by atoms with van der Waals surface area (Å²) in [6.45, 7) is 2.50. The quantitative estimate of drug-likeness (QED) is 0.568. The Balaban J connectivity index is 1.98. The number of carbonyl (C=O) groups excluding carboxylic acids is 1.